The van der Waals surface area contributed by atoms with Gasteiger partial charge in [-0.05, 0) is 30.0 Å². The van der Waals surface area contributed by atoms with Crippen LogP contribution in [-0.2, 0) is 12.0 Å². The van der Waals surface area contributed by atoms with Crippen LogP contribution in [0.15, 0.2) is 18.2 Å². The first kappa shape index (κ1) is 11.0. The second-order valence-electron chi connectivity index (χ2n) is 5.18. The number of nitrogens with two attached hydrogens (primary N) is 1. The van der Waals surface area contributed by atoms with Gasteiger partial charge in [-0.3, -0.25) is 4.68 Å². The number of rotatable bonds is 1. The van der Waals surface area contributed by atoms with Gasteiger partial charge in [0.25, 0.3) is 0 Å². The molecule has 3 heteroatoms. The molecule has 1 heterocycles. The molecule has 2 N–H and O–H groups in total. The average molecular weight is 217 g/mol. The van der Waals surface area contributed by atoms with Crippen molar-refractivity contribution in [3.8, 4) is 0 Å². The first-order valence-corrected chi connectivity index (χ1v) is 5.70. The quantitative estimate of drug-likeness (QED) is 0.798. The maximum Gasteiger partial charge on any atom is 0.153 e. The zero-order valence-electron chi connectivity index (χ0n) is 10.4. The van der Waals surface area contributed by atoms with Gasteiger partial charge in [-0.1, -0.05) is 26.8 Å². The highest BCUT2D eigenvalue weighted by atomic mass is 15.3. The van der Waals surface area contributed by atoms with Crippen LogP contribution in [-0.4, -0.2) is 9.78 Å². The lowest BCUT2D eigenvalue weighted by molar-refractivity contribution is 0.590. The highest BCUT2D eigenvalue weighted by Crippen LogP contribution is 2.28. The van der Waals surface area contributed by atoms with Crippen molar-refractivity contribution in [3.05, 3.63) is 23.8 Å². The summed E-state index contributed by atoms with van der Waals surface area (Å²) < 4.78 is 1.96. The molecule has 0 aliphatic rings. The Kier molecular flexibility index (Phi) is 2.41. The molecule has 0 saturated heterocycles. The maximum absolute atomic E-state index is 5.88. The summed E-state index contributed by atoms with van der Waals surface area (Å²) in [7, 11) is 0. The molecule has 1 aromatic heterocycles. The normalized spacial score (nSPS) is 12.2. The molecule has 0 bridgehead atoms. The van der Waals surface area contributed by atoms with E-state index < -0.39 is 0 Å². The number of aryl methyl sites for hydroxylation is 1. The van der Waals surface area contributed by atoms with Crippen molar-refractivity contribution in [2.24, 2.45) is 0 Å². The highest BCUT2D eigenvalue weighted by Gasteiger charge is 2.16. The summed E-state index contributed by atoms with van der Waals surface area (Å²) in [5.74, 6) is 0.623. The smallest absolute Gasteiger partial charge is 0.153 e. The highest BCUT2D eigenvalue weighted by molar-refractivity contribution is 5.89. The zero-order chi connectivity index (χ0) is 11.9. The Hall–Kier alpha value is -1.51. The Balaban J connectivity index is 2.69. The summed E-state index contributed by atoms with van der Waals surface area (Å²) in [5.41, 5.74) is 8.48. The Morgan fingerprint density at radius 3 is 2.56 bits per heavy atom. The van der Waals surface area contributed by atoms with E-state index in [0.717, 1.165) is 17.4 Å². The molecule has 0 aliphatic heterocycles. The summed E-state index contributed by atoms with van der Waals surface area (Å²) in [6, 6.07) is 6.41. The van der Waals surface area contributed by atoms with Crippen molar-refractivity contribution < 1.29 is 0 Å². The van der Waals surface area contributed by atoms with Gasteiger partial charge in [0.2, 0.25) is 0 Å². The van der Waals surface area contributed by atoms with Gasteiger partial charge >= 0.3 is 0 Å². The Morgan fingerprint density at radius 2 is 2.00 bits per heavy atom. The second-order valence-corrected chi connectivity index (χ2v) is 5.18. The van der Waals surface area contributed by atoms with Crippen LogP contribution in [0.25, 0.3) is 10.9 Å². The van der Waals surface area contributed by atoms with E-state index in [4.69, 9.17) is 5.73 Å². The first-order chi connectivity index (χ1) is 7.43. The van der Waals surface area contributed by atoms with Gasteiger partial charge in [0, 0.05) is 11.9 Å². The monoisotopic (exact) mass is 217 g/mol. The molecule has 3 nitrogen and oxygen atoms in total. The molecular formula is C13H19N3. The van der Waals surface area contributed by atoms with E-state index in [-0.39, 0.29) is 5.41 Å². The van der Waals surface area contributed by atoms with Crippen molar-refractivity contribution in [2.75, 3.05) is 5.73 Å². The van der Waals surface area contributed by atoms with Crippen molar-refractivity contribution in [1.82, 2.24) is 9.78 Å². The molecule has 16 heavy (non-hydrogen) atoms. The number of anilines is 1. The van der Waals surface area contributed by atoms with Gasteiger partial charge in [0.05, 0.1) is 5.52 Å². The van der Waals surface area contributed by atoms with Gasteiger partial charge in [-0.15, -0.1) is 0 Å². The van der Waals surface area contributed by atoms with Crippen molar-refractivity contribution in [2.45, 2.75) is 39.7 Å². The number of nitrogen functional groups attached to an aromatic ring is 1. The fraction of sp³-hybridized carbons (Fsp3) is 0.462. The SMILES string of the molecule is CCn1nc(N)c2ccc(C(C)(C)C)cc21. The van der Waals surface area contributed by atoms with Gasteiger partial charge in [-0.2, -0.15) is 5.10 Å². The van der Waals surface area contributed by atoms with Crippen LogP contribution in [0.1, 0.15) is 33.3 Å². The summed E-state index contributed by atoms with van der Waals surface area (Å²) >= 11 is 0. The van der Waals surface area contributed by atoms with E-state index >= 15 is 0 Å². The third kappa shape index (κ3) is 1.66. The zero-order valence-corrected chi connectivity index (χ0v) is 10.4. The molecule has 2 aromatic rings. The summed E-state index contributed by atoms with van der Waals surface area (Å²) in [5, 5.41) is 5.38. The lowest BCUT2D eigenvalue weighted by Gasteiger charge is -2.19. The Labute approximate surface area is 96.2 Å². The largest absolute Gasteiger partial charge is 0.382 e. The van der Waals surface area contributed by atoms with E-state index in [0.29, 0.717) is 5.82 Å². The minimum absolute atomic E-state index is 0.159. The van der Waals surface area contributed by atoms with E-state index in [1.54, 1.807) is 0 Å². The predicted octanol–water partition coefficient (Wildman–Crippen LogP) is 2.94. The molecule has 0 spiro atoms. The molecule has 0 aliphatic carbocycles. The molecule has 0 amide bonds. The minimum atomic E-state index is 0.159. The number of hydrogen-bond acceptors (Lipinski definition) is 2. The van der Waals surface area contributed by atoms with Gasteiger partial charge in [-0.25, -0.2) is 0 Å². The minimum Gasteiger partial charge on any atom is -0.382 e. The van der Waals surface area contributed by atoms with E-state index in [2.05, 4.69) is 51.0 Å². The van der Waals surface area contributed by atoms with Crippen molar-refractivity contribution >= 4 is 16.7 Å². The van der Waals surface area contributed by atoms with Gasteiger partial charge in [0.1, 0.15) is 0 Å². The molecule has 1 aromatic carbocycles. The van der Waals surface area contributed by atoms with E-state index in [1.165, 1.54) is 5.56 Å². The number of hydrogen-bond donors (Lipinski definition) is 1. The summed E-state index contributed by atoms with van der Waals surface area (Å²) in [6.07, 6.45) is 0. The maximum atomic E-state index is 5.88. The van der Waals surface area contributed by atoms with Gasteiger partial charge in [0.15, 0.2) is 5.82 Å². The molecular weight excluding hydrogens is 198 g/mol. The summed E-state index contributed by atoms with van der Waals surface area (Å²) in [6.45, 7) is 9.56. The van der Waals surface area contributed by atoms with Crippen LogP contribution in [0.5, 0.6) is 0 Å². The third-order valence-electron chi connectivity index (χ3n) is 2.95. The number of benzene rings is 1. The molecule has 0 saturated carbocycles. The lowest BCUT2D eigenvalue weighted by Crippen LogP contribution is -2.11. The van der Waals surface area contributed by atoms with Crippen LogP contribution >= 0.6 is 0 Å². The van der Waals surface area contributed by atoms with Crippen LogP contribution < -0.4 is 5.73 Å². The first-order valence-electron chi connectivity index (χ1n) is 5.70. The van der Waals surface area contributed by atoms with Gasteiger partial charge < -0.3 is 5.73 Å². The molecule has 0 fully saturated rings. The summed E-state index contributed by atoms with van der Waals surface area (Å²) in [4.78, 5) is 0. The fourth-order valence-electron chi connectivity index (χ4n) is 1.91. The van der Waals surface area contributed by atoms with Crippen molar-refractivity contribution in [1.29, 1.82) is 0 Å². The van der Waals surface area contributed by atoms with E-state index in [1.807, 2.05) is 4.68 Å². The standard InChI is InChI=1S/C13H19N3/c1-5-16-11-8-9(13(2,3)4)6-7-10(11)12(14)15-16/h6-8H,5H2,1-4H3,(H2,14,15). The van der Waals surface area contributed by atoms with Crippen LogP contribution in [0, 0.1) is 0 Å². The van der Waals surface area contributed by atoms with E-state index in [9.17, 15) is 0 Å². The average Bonchev–Trinajstić information content (AvgIpc) is 2.54. The molecule has 0 atom stereocenters. The molecule has 86 valence electrons. The Bertz CT molecular complexity index is 518. The molecule has 2 rings (SSSR count). The van der Waals surface area contributed by atoms with Crippen LogP contribution in [0.2, 0.25) is 0 Å². The van der Waals surface area contributed by atoms with Crippen LogP contribution in [0.4, 0.5) is 5.82 Å². The van der Waals surface area contributed by atoms with Crippen molar-refractivity contribution in [3.63, 3.8) is 0 Å². The third-order valence-corrected chi connectivity index (χ3v) is 2.95. The number of fused-ring (bicyclic) bond motifs is 1. The number of nitrogens with zero attached hydrogens (tertiary/aromatic N) is 2. The Morgan fingerprint density at radius 1 is 1.31 bits per heavy atom. The molecule has 0 radical (unpaired) electrons. The number of aromatic nitrogens is 2. The van der Waals surface area contributed by atoms with Crippen LogP contribution in [0.3, 0.4) is 0 Å². The predicted molar refractivity (Wildman–Crippen MR) is 68.5 cm³/mol. The topological polar surface area (TPSA) is 43.8 Å². The second kappa shape index (κ2) is 3.51. The lowest BCUT2D eigenvalue weighted by atomic mass is 9.87. The molecule has 0 unspecified atom stereocenters. The fourth-order valence-corrected chi connectivity index (χ4v) is 1.91.